The van der Waals surface area contributed by atoms with Crippen LogP contribution in [0.3, 0.4) is 0 Å². The molecule has 0 amide bonds. The van der Waals surface area contributed by atoms with Crippen molar-refractivity contribution in [2.45, 2.75) is 31.8 Å². The van der Waals surface area contributed by atoms with Gasteiger partial charge in [-0.2, -0.15) is 9.97 Å². The highest BCUT2D eigenvalue weighted by atomic mass is 16.7. The van der Waals surface area contributed by atoms with Gasteiger partial charge in [0.25, 0.3) is 0 Å². The van der Waals surface area contributed by atoms with Crippen LogP contribution in [0.25, 0.3) is 10.8 Å². The summed E-state index contributed by atoms with van der Waals surface area (Å²) in [7, 11) is 3.79. The number of carbonyl (C=O) groups is 1. The minimum atomic E-state index is 0.201. The van der Waals surface area contributed by atoms with Crippen molar-refractivity contribution >= 4 is 28.6 Å². The van der Waals surface area contributed by atoms with Crippen LogP contribution in [-0.4, -0.2) is 98.9 Å². The molecule has 0 N–H and O–H groups in total. The molecule has 10 heteroatoms. The van der Waals surface area contributed by atoms with Crippen LogP contribution in [0.4, 0.5) is 11.5 Å². The van der Waals surface area contributed by atoms with Gasteiger partial charge in [-0.05, 0) is 50.4 Å². The summed E-state index contributed by atoms with van der Waals surface area (Å²) < 4.78 is 17.3. The zero-order valence-corrected chi connectivity index (χ0v) is 24.6. The maximum Gasteiger partial charge on any atom is 0.318 e. The van der Waals surface area contributed by atoms with Crippen LogP contribution in [0.5, 0.6) is 11.8 Å². The van der Waals surface area contributed by atoms with E-state index in [1.807, 2.05) is 6.20 Å². The summed E-state index contributed by atoms with van der Waals surface area (Å²) in [5, 5.41) is 2.31. The molecule has 2 saturated heterocycles. The molecule has 42 heavy (non-hydrogen) atoms. The molecular formula is C32H40N6O4. The lowest BCUT2D eigenvalue weighted by molar-refractivity contribution is -0.104. The van der Waals surface area contributed by atoms with Crippen LogP contribution in [-0.2, 0) is 22.5 Å². The Bertz CT molecular complexity index is 1420. The van der Waals surface area contributed by atoms with E-state index in [0.29, 0.717) is 25.2 Å². The number of likely N-dealkylation sites (tertiary alicyclic amines) is 1. The van der Waals surface area contributed by atoms with Gasteiger partial charge in [-0.1, -0.05) is 24.3 Å². The third-order valence-corrected chi connectivity index (χ3v) is 8.59. The first-order valence-electron chi connectivity index (χ1n) is 14.9. The van der Waals surface area contributed by atoms with E-state index in [9.17, 15) is 4.79 Å². The van der Waals surface area contributed by atoms with Crippen molar-refractivity contribution in [1.29, 1.82) is 0 Å². The molecule has 0 saturated carbocycles. The van der Waals surface area contributed by atoms with Crippen LogP contribution < -0.4 is 19.3 Å². The Morgan fingerprint density at radius 2 is 1.86 bits per heavy atom. The molecule has 0 radical (unpaired) electrons. The number of ether oxygens (including phenoxy) is 3. The van der Waals surface area contributed by atoms with Gasteiger partial charge in [-0.15, -0.1) is 0 Å². The zero-order chi connectivity index (χ0) is 28.9. The summed E-state index contributed by atoms with van der Waals surface area (Å²) in [4.78, 5) is 30.1. The Kier molecular flexibility index (Phi) is 8.71. The quantitative estimate of drug-likeness (QED) is 0.205. The molecule has 0 unspecified atom stereocenters. The van der Waals surface area contributed by atoms with Crippen molar-refractivity contribution in [2.24, 2.45) is 0 Å². The number of benzene rings is 2. The van der Waals surface area contributed by atoms with Gasteiger partial charge in [-0.3, -0.25) is 4.79 Å². The first-order valence-corrected chi connectivity index (χ1v) is 14.9. The highest BCUT2D eigenvalue weighted by molar-refractivity contribution is 5.95. The normalized spacial score (nSPS) is 19.5. The zero-order valence-electron chi connectivity index (χ0n) is 24.6. The predicted molar refractivity (Wildman–Crippen MR) is 163 cm³/mol. The minimum absolute atomic E-state index is 0.201. The number of methoxy groups -OCH3 is 1. The Morgan fingerprint density at radius 1 is 1.00 bits per heavy atom. The summed E-state index contributed by atoms with van der Waals surface area (Å²) in [6.45, 7) is 6.70. The lowest BCUT2D eigenvalue weighted by Crippen LogP contribution is -2.45. The number of piperazine rings is 1. The summed E-state index contributed by atoms with van der Waals surface area (Å²) in [6.07, 6.45) is 7.42. The number of anilines is 2. The van der Waals surface area contributed by atoms with E-state index in [0.717, 1.165) is 86.7 Å². The second kappa shape index (κ2) is 13.0. The summed E-state index contributed by atoms with van der Waals surface area (Å²) in [6, 6.07) is 13.4. The summed E-state index contributed by atoms with van der Waals surface area (Å²) in [5.74, 6) is 1.77. The number of nitrogens with zero attached hydrogens (tertiary/aromatic N) is 6. The first-order chi connectivity index (χ1) is 20.6. The lowest BCUT2D eigenvalue weighted by Gasteiger charge is -2.38. The SMILES string of the molecule is COCOc1cc(N2CCc3c(nc(OC[C@H]4CCCN4C)nc3N3CCN(C=CC=O)CC3)C2)c2ccccc2c1. The van der Waals surface area contributed by atoms with Gasteiger partial charge in [0.15, 0.2) is 6.79 Å². The fourth-order valence-electron chi connectivity index (χ4n) is 6.26. The van der Waals surface area contributed by atoms with Crippen molar-refractivity contribution < 1.29 is 19.0 Å². The molecular weight excluding hydrogens is 532 g/mol. The molecule has 1 atom stereocenters. The van der Waals surface area contributed by atoms with E-state index < -0.39 is 0 Å². The van der Waals surface area contributed by atoms with Crippen LogP contribution in [0.2, 0.25) is 0 Å². The molecule has 1 aromatic heterocycles. The van der Waals surface area contributed by atoms with Gasteiger partial charge >= 0.3 is 6.01 Å². The fourth-order valence-corrected chi connectivity index (χ4v) is 6.26. The maximum atomic E-state index is 10.8. The predicted octanol–water partition coefficient (Wildman–Crippen LogP) is 3.48. The van der Waals surface area contributed by atoms with E-state index >= 15 is 0 Å². The topological polar surface area (TPSA) is 83.5 Å². The molecule has 3 aliphatic heterocycles. The molecule has 2 fully saturated rings. The number of hydrogen-bond acceptors (Lipinski definition) is 10. The number of likely N-dealkylation sites (N-methyl/N-ethyl adjacent to an activating group) is 1. The third kappa shape index (κ3) is 6.15. The Labute approximate surface area is 247 Å². The van der Waals surface area contributed by atoms with E-state index in [-0.39, 0.29) is 6.79 Å². The Hall–Kier alpha value is -3.89. The van der Waals surface area contributed by atoms with Gasteiger partial charge in [-0.25, -0.2) is 0 Å². The number of aldehydes is 1. The van der Waals surface area contributed by atoms with E-state index in [1.54, 1.807) is 13.2 Å². The monoisotopic (exact) mass is 572 g/mol. The standard InChI is InChI=1S/C32H40N6O4/c1-35-11-5-8-25(35)22-41-32-33-29-21-38(30-20-26(42-23-40-2)19-24-7-3-4-9-27(24)30)13-10-28(29)31(34-32)37-16-14-36(15-17-37)12-6-18-39/h3-4,6-7,9,12,18-20,25H,5,8,10-11,13-17,21-23H2,1-2H3/t25-/m1/s1. The molecule has 3 aliphatic rings. The highest BCUT2D eigenvalue weighted by Gasteiger charge is 2.29. The molecule has 222 valence electrons. The largest absolute Gasteiger partial charge is 0.467 e. The van der Waals surface area contributed by atoms with Crippen LogP contribution >= 0.6 is 0 Å². The molecule has 6 rings (SSSR count). The third-order valence-electron chi connectivity index (χ3n) is 8.59. The van der Waals surface area contributed by atoms with Gasteiger partial charge in [0.1, 0.15) is 24.5 Å². The van der Waals surface area contributed by atoms with Gasteiger partial charge in [0, 0.05) is 74.8 Å². The molecule has 3 aromatic rings. The molecule has 2 aromatic carbocycles. The van der Waals surface area contributed by atoms with Gasteiger partial charge < -0.3 is 33.8 Å². The van der Waals surface area contributed by atoms with Crippen LogP contribution in [0, 0.1) is 0 Å². The lowest BCUT2D eigenvalue weighted by atomic mass is 10.0. The number of allylic oxidation sites excluding steroid dienone is 1. The van der Waals surface area contributed by atoms with E-state index in [4.69, 9.17) is 24.2 Å². The van der Waals surface area contributed by atoms with E-state index in [1.165, 1.54) is 17.4 Å². The second-order valence-electron chi connectivity index (χ2n) is 11.2. The van der Waals surface area contributed by atoms with Crippen molar-refractivity contribution in [3.63, 3.8) is 0 Å². The number of hydrogen-bond donors (Lipinski definition) is 0. The number of fused-ring (bicyclic) bond motifs is 2. The van der Waals surface area contributed by atoms with Crippen LogP contribution in [0.1, 0.15) is 24.1 Å². The van der Waals surface area contributed by atoms with Crippen molar-refractivity contribution in [3.8, 4) is 11.8 Å². The average molecular weight is 573 g/mol. The van der Waals surface area contributed by atoms with Crippen molar-refractivity contribution in [1.82, 2.24) is 19.8 Å². The maximum absolute atomic E-state index is 10.8. The van der Waals surface area contributed by atoms with Crippen molar-refractivity contribution in [2.75, 3.05) is 76.6 Å². The fraction of sp³-hybridized carbons (Fsp3) is 0.469. The van der Waals surface area contributed by atoms with Gasteiger partial charge in [0.05, 0.1) is 12.2 Å². The number of aromatic nitrogens is 2. The Balaban J connectivity index is 1.30. The summed E-state index contributed by atoms with van der Waals surface area (Å²) in [5.41, 5.74) is 3.33. The molecule has 0 aliphatic carbocycles. The molecule has 4 heterocycles. The van der Waals surface area contributed by atoms with E-state index in [2.05, 4.69) is 63.0 Å². The number of carbonyl (C=O) groups excluding carboxylic acids is 1. The number of rotatable bonds is 10. The van der Waals surface area contributed by atoms with Crippen LogP contribution in [0.15, 0.2) is 48.7 Å². The second-order valence-corrected chi connectivity index (χ2v) is 11.2. The highest BCUT2D eigenvalue weighted by Crippen LogP contribution is 2.37. The summed E-state index contributed by atoms with van der Waals surface area (Å²) >= 11 is 0. The first kappa shape index (κ1) is 28.2. The van der Waals surface area contributed by atoms with Gasteiger partial charge in [0.2, 0.25) is 0 Å². The molecule has 0 spiro atoms. The Morgan fingerprint density at radius 3 is 2.64 bits per heavy atom. The molecule has 0 bridgehead atoms. The smallest absolute Gasteiger partial charge is 0.318 e. The average Bonchev–Trinajstić information content (AvgIpc) is 3.45. The minimum Gasteiger partial charge on any atom is -0.467 e. The van der Waals surface area contributed by atoms with Crippen molar-refractivity contribution in [3.05, 3.63) is 59.9 Å². The molecule has 10 nitrogen and oxygen atoms in total.